The zero-order chi connectivity index (χ0) is 19.4. The molecule has 3 aliphatic rings. The molecule has 152 valence electrons. The summed E-state index contributed by atoms with van der Waals surface area (Å²) in [6.45, 7) is 1.87. The lowest BCUT2D eigenvalue weighted by Crippen LogP contribution is -2.48. The quantitative estimate of drug-likeness (QED) is 0.708. The van der Waals surface area contributed by atoms with Crippen LogP contribution < -0.4 is 0 Å². The molecule has 0 amide bonds. The molecule has 0 aromatic carbocycles. The lowest BCUT2D eigenvalue weighted by molar-refractivity contribution is -0.138. The summed E-state index contributed by atoms with van der Waals surface area (Å²) < 4.78 is 38.7. The fourth-order valence-electron chi connectivity index (χ4n) is 5.06. The van der Waals surface area contributed by atoms with Crippen LogP contribution in [0.2, 0.25) is 0 Å². The molecule has 1 unspecified atom stereocenters. The number of aliphatic carboxylic acids is 1. The standard InChI is InChI=1S/C21H30F3NO2/c22-21(23,24)18-8-6-17(7-9-18)19-12-16(13-20(26)27)10-11-25(19)14-15-4-2-1-3-5-15/h6,8-9,15-17,19H,1-5,7,10-14H2,(H,26,27)/t16-,17?,19+/m0/s1. The van der Waals surface area contributed by atoms with Gasteiger partial charge >= 0.3 is 12.1 Å². The first-order chi connectivity index (χ1) is 12.8. The maximum atomic E-state index is 12.9. The Labute approximate surface area is 159 Å². The Bertz CT molecular complexity index is 578. The Balaban J connectivity index is 1.68. The zero-order valence-electron chi connectivity index (χ0n) is 15.8. The summed E-state index contributed by atoms with van der Waals surface area (Å²) in [5, 5.41) is 9.15. The minimum absolute atomic E-state index is 0.0382. The minimum atomic E-state index is -4.29. The molecule has 1 saturated heterocycles. The molecule has 0 aromatic rings. The molecule has 27 heavy (non-hydrogen) atoms. The Morgan fingerprint density at radius 2 is 1.89 bits per heavy atom. The molecular formula is C21H30F3NO2. The number of rotatable bonds is 5. The smallest absolute Gasteiger partial charge is 0.416 e. The third-order valence-corrected chi connectivity index (χ3v) is 6.50. The summed E-state index contributed by atoms with van der Waals surface area (Å²) in [6, 6.07) is 0.146. The summed E-state index contributed by atoms with van der Waals surface area (Å²) in [6.07, 6.45) is 8.45. The summed E-state index contributed by atoms with van der Waals surface area (Å²) in [5.74, 6) is 0.0526. The molecule has 1 N–H and O–H groups in total. The lowest BCUT2D eigenvalue weighted by Gasteiger charge is -2.44. The number of piperidine rings is 1. The van der Waals surface area contributed by atoms with E-state index in [1.165, 1.54) is 44.3 Å². The van der Waals surface area contributed by atoms with Crippen LogP contribution in [0.15, 0.2) is 23.8 Å². The van der Waals surface area contributed by atoms with Gasteiger partial charge in [-0.15, -0.1) is 0 Å². The number of carbonyl (C=O) groups is 1. The Kier molecular flexibility index (Phi) is 6.66. The third kappa shape index (κ3) is 5.59. The second-order valence-corrected chi connectivity index (χ2v) is 8.47. The van der Waals surface area contributed by atoms with E-state index in [4.69, 9.17) is 5.11 Å². The van der Waals surface area contributed by atoms with Crippen molar-refractivity contribution in [3.05, 3.63) is 23.8 Å². The fourth-order valence-corrected chi connectivity index (χ4v) is 5.06. The van der Waals surface area contributed by atoms with Crippen LogP contribution in [0.3, 0.4) is 0 Å². The summed E-state index contributed by atoms with van der Waals surface area (Å²) in [4.78, 5) is 13.6. The molecule has 3 rings (SSSR count). The molecule has 2 fully saturated rings. The van der Waals surface area contributed by atoms with Crippen LogP contribution in [0.5, 0.6) is 0 Å². The molecule has 6 heteroatoms. The van der Waals surface area contributed by atoms with E-state index in [9.17, 15) is 18.0 Å². The predicted octanol–water partition coefficient (Wildman–Crippen LogP) is 5.19. The highest BCUT2D eigenvalue weighted by Gasteiger charge is 2.38. The Morgan fingerprint density at radius 3 is 2.48 bits per heavy atom. The number of carboxylic acid groups (broad SMARTS) is 1. The van der Waals surface area contributed by atoms with E-state index < -0.39 is 17.7 Å². The van der Waals surface area contributed by atoms with Gasteiger partial charge in [0.15, 0.2) is 0 Å². The van der Waals surface area contributed by atoms with Crippen molar-refractivity contribution in [1.29, 1.82) is 0 Å². The first-order valence-electron chi connectivity index (χ1n) is 10.2. The van der Waals surface area contributed by atoms with Crippen molar-refractivity contribution in [2.24, 2.45) is 17.8 Å². The third-order valence-electron chi connectivity index (χ3n) is 6.50. The highest BCUT2D eigenvalue weighted by atomic mass is 19.4. The van der Waals surface area contributed by atoms with Gasteiger partial charge in [-0.25, -0.2) is 0 Å². The number of alkyl halides is 3. The van der Waals surface area contributed by atoms with E-state index in [-0.39, 0.29) is 24.3 Å². The van der Waals surface area contributed by atoms with Crippen LogP contribution in [0.4, 0.5) is 13.2 Å². The molecule has 0 bridgehead atoms. The molecule has 2 aliphatic carbocycles. The summed E-state index contributed by atoms with van der Waals surface area (Å²) in [5.41, 5.74) is -0.560. The van der Waals surface area contributed by atoms with E-state index in [1.54, 1.807) is 6.08 Å². The van der Waals surface area contributed by atoms with E-state index >= 15 is 0 Å². The van der Waals surface area contributed by atoms with Crippen molar-refractivity contribution >= 4 is 5.97 Å². The molecule has 0 spiro atoms. The van der Waals surface area contributed by atoms with Gasteiger partial charge in [-0.3, -0.25) is 9.69 Å². The average molecular weight is 385 g/mol. The van der Waals surface area contributed by atoms with Crippen molar-refractivity contribution in [2.45, 2.75) is 70.0 Å². The number of nitrogens with zero attached hydrogens (tertiary/aromatic N) is 1. The van der Waals surface area contributed by atoms with E-state index in [0.29, 0.717) is 12.3 Å². The molecule has 3 atom stereocenters. The Hall–Kier alpha value is -1.30. The van der Waals surface area contributed by atoms with Gasteiger partial charge in [-0.05, 0) is 56.4 Å². The van der Waals surface area contributed by atoms with E-state index in [2.05, 4.69) is 4.90 Å². The largest absolute Gasteiger partial charge is 0.481 e. The maximum Gasteiger partial charge on any atom is 0.416 e. The second-order valence-electron chi connectivity index (χ2n) is 8.47. The van der Waals surface area contributed by atoms with Gasteiger partial charge in [0, 0.05) is 19.0 Å². The number of hydrogen-bond acceptors (Lipinski definition) is 2. The van der Waals surface area contributed by atoms with Crippen LogP contribution in [-0.2, 0) is 4.79 Å². The van der Waals surface area contributed by atoms with Gasteiger partial charge in [0.1, 0.15) is 0 Å². The van der Waals surface area contributed by atoms with Gasteiger partial charge in [-0.2, -0.15) is 13.2 Å². The number of halogens is 3. The van der Waals surface area contributed by atoms with Crippen molar-refractivity contribution in [3.8, 4) is 0 Å². The first-order valence-corrected chi connectivity index (χ1v) is 10.2. The minimum Gasteiger partial charge on any atom is -0.481 e. The van der Waals surface area contributed by atoms with Crippen LogP contribution in [0.1, 0.15) is 57.8 Å². The second kappa shape index (κ2) is 8.80. The van der Waals surface area contributed by atoms with Gasteiger partial charge in [0.05, 0.1) is 5.57 Å². The number of carboxylic acids is 1. The van der Waals surface area contributed by atoms with Crippen molar-refractivity contribution in [2.75, 3.05) is 13.1 Å². The highest BCUT2D eigenvalue weighted by Crippen LogP contribution is 2.38. The van der Waals surface area contributed by atoms with Gasteiger partial charge in [0.25, 0.3) is 0 Å². The topological polar surface area (TPSA) is 40.5 Å². The summed E-state index contributed by atoms with van der Waals surface area (Å²) in [7, 11) is 0. The van der Waals surface area contributed by atoms with Crippen molar-refractivity contribution in [1.82, 2.24) is 4.90 Å². The SMILES string of the molecule is O=C(O)C[C@H]1CCN(CC2CCCCC2)[C@@H](C2C=CC(C(F)(F)F)=CC2)C1. The van der Waals surface area contributed by atoms with Gasteiger partial charge in [-0.1, -0.05) is 37.5 Å². The van der Waals surface area contributed by atoms with Crippen molar-refractivity contribution < 1.29 is 23.1 Å². The molecule has 1 heterocycles. The maximum absolute atomic E-state index is 12.9. The fraction of sp³-hybridized carbons (Fsp3) is 0.762. The number of hydrogen-bond donors (Lipinski definition) is 1. The monoisotopic (exact) mass is 385 g/mol. The molecule has 0 radical (unpaired) electrons. The molecule has 3 nitrogen and oxygen atoms in total. The van der Waals surface area contributed by atoms with Crippen LogP contribution in [-0.4, -0.2) is 41.3 Å². The molecule has 0 aromatic heterocycles. The van der Waals surface area contributed by atoms with Crippen LogP contribution in [0, 0.1) is 17.8 Å². The average Bonchev–Trinajstić information content (AvgIpc) is 2.63. The van der Waals surface area contributed by atoms with Crippen LogP contribution >= 0.6 is 0 Å². The molecule has 1 saturated carbocycles. The normalized spacial score (nSPS) is 30.9. The van der Waals surface area contributed by atoms with Crippen LogP contribution in [0.25, 0.3) is 0 Å². The molecular weight excluding hydrogens is 355 g/mol. The number of allylic oxidation sites excluding steroid dienone is 3. The number of likely N-dealkylation sites (tertiary alicyclic amines) is 1. The molecule has 1 aliphatic heterocycles. The van der Waals surface area contributed by atoms with E-state index in [0.717, 1.165) is 25.9 Å². The van der Waals surface area contributed by atoms with E-state index in [1.807, 2.05) is 0 Å². The van der Waals surface area contributed by atoms with Crippen molar-refractivity contribution in [3.63, 3.8) is 0 Å². The zero-order valence-corrected chi connectivity index (χ0v) is 15.8. The Morgan fingerprint density at radius 1 is 1.15 bits per heavy atom. The lowest BCUT2D eigenvalue weighted by atomic mass is 9.78. The first kappa shape index (κ1) is 20.4. The predicted molar refractivity (Wildman–Crippen MR) is 98.3 cm³/mol. The highest BCUT2D eigenvalue weighted by molar-refractivity contribution is 5.67. The van der Waals surface area contributed by atoms with Gasteiger partial charge in [0.2, 0.25) is 0 Å². The summed E-state index contributed by atoms with van der Waals surface area (Å²) >= 11 is 0. The van der Waals surface area contributed by atoms with Gasteiger partial charge < -0.3 is 5.11 Å².